The number of carbonyl (C=O) groups is 1. The van der Waals surface area contributed by atoms with Crippen LogP contribution in [0.25, 0.3) is 0 Å². The first-order valence-electron chi connectivity index (χ1n) is 8.94. The number of carbonyl (C=O) groups excluding carboxylic acids is 1. The van der Waals surface area contributed by atoms with E-state index in [0.29, 0.717) is 18.1 Å². The lowest BCUT2D eigenvalue weighted by Gasteiger charge is -2.39. The molecule has 0 aromatic heterocycles. The van der Waals surface area contributed by atoms with Crippen LogP contribution in [0, 0.1) is 9.49 Å². The van der Waals surface area contributed by atoms with Crippen molar-refractivity contribution in [3.05, 3.63) is 33.4 Å². The summed E-state index contributed by atoms with van der Waals surface area (Å²) in [7, 11) is 0. The predicted molar refractivity (Wildman–Crippen MR) is 104 cm³/mol. The minimum Gasteiger partial charge on any atom is -0.373 e. The minimum absolute atomic E-state index is 0.181. The zero-order chi connectivity index (χ0) is 17.1. The molecule has 0 spiro atoms. The Bertz CT molecular complexity index is 562. The Morgan fingerprint density at radius 2 is 1.88 bits per heavy atom. The second-order valence-corrected chi connectivity index (χ2v) is 8.47. The molecule has 3 rings (SSSR count). The largest absolute Gasteiger partial charge is 0.373 e. The number of hydrogen-bond acceptors (Lipinski definition) is 3. The zero-order valence-corrected chi connectivity index (χ0v) is 16.7. The van der Waals surface area contributed by atoms with Crippen LogP contribution in [-0.2, 0) is 4.74 Å². The van der Waals surface area contributed by atoms with Gasteiger partial charge in [-0.1, -0.05) is 6.07 Å². The predicted octanol–water partition coefficient (Wildman–Crippen LogP) is 3.25. The highest BCUT2D eigenvalue weighted by Gasteiger charge is 2.28. The molecular weight excluding hydrogens is 415 g/mol. The lowest BCUT2D eigenvalue weighted by Crippen LogP contribution is -2.48. The van der Waals surface area contributed by atoms with Gasteiger partial charge in [0, 0.05) is 41.9 Å². The molecule has 1 amide bonds. The summed E-state index contributed by atoms with van der Waals surface area (Å²) in [5, 5.41) is 0. The lowest BCUT2D eigenvalue weighted by molar-refractivity contribution is -0.0728. The normalized spacial score (nSPS) is 26.5. The molecule has 2 fully saturated rings. The molecule has 132 valence electrons. The Labute approximate surface area is 158 Å². The average molecular weight is 442 g/mol. The average Bonchev–Trinajstić information content (AvgIpc) is 2.54. The highest BCUT2D eigenvalue weighted by molar-refractivity contribution is 14.1. The van der Waals surface area contributed by atoms with E-state index in [-0.39, 0.29) is 5.91 Å². The van der Waals surface area contributed by atoms with Gasteiger partial charge in [-0.15, -0.1) is 0 Å². The highest BCUT2D eigenvalue weighted by Crippen LogP contribution is 2.22. The monoisotopic (exact) mass is 442 g/mol. The molecular formula is C19H27IN2O2. The number of likely N-dealkylation sites (tertiary alicyclic amines) is 1. The topological polar surface area (TPSA) is 32.8 Å². The van der Waals surface area contributed by atoms with Crippen LogP contribution in [0.2, 0.25) is 0 Å². The SMILES string of the molecule is CC1CN(CC2CCN(C(=O)c3cccc(I)c3)CC2)CC(C)O1. The molecule has 0 bridgehead atoms. The van der Waals surface area contributed by atoms with Gasteiger partial charge in [-0.2, -0.15) is 0 Å². The summed E-state index contributed by atoms with van der Waals surface area (Å²) >= 11 is 2.26. The Hall–Kier alpha value is -0.660. The number of nitrogens with zero attached hydrogens (tertiary/aromatic N) is 2. The molecule has 0 aliphatic carbocycles. The number of hydrogen-bond donors (Lipinski definition) is 0. The van der Waals surface area contributed by atoms with E-state index >= 15 is 0 Å². The van der Waals surface area contributed by atoms with Gasteiger partial charge in [0.15, 0.2) is 0 Å². The van der Waals surface area contributed by atoms with Gasteiger partial charge in [0.25, 0.3) is 5.91 Å². The molecule has 0 N–H and O–H groups in total. The van der Waals surface area contributed by atoms with Crippen LogP contribution in [-0.4, -0.2) is 60.6 Å². The molecule has 5 heteroatoms. The first kappa shape index (κ1) is 18.1. The van der Waals surface area contributed by atoms with Gasteiger partial charge in [-0.05, 0) is 73.4 Å². The molecule has 0 saturated carbocycles. The first-order valence-corrected chi connectivity index (χ1v) is 10.0. The molecule has 2 unspecified atom stereocenters. The van der Waals surface area contributed by atoms with Crippen molar-refractivity contribution in [2.24, 2.45) is 5.92 Å². The lowest BCUT2D eigenvalue weighted by atomic mass is 9.95. The zero-order valence-electron chi connectivity index (χ0n) is 14.6. The van der Waals surface area contributed by atoms with E-state index in [9.17, 15) is 4.79 Å². The number of amides is 1. The van der Waals surface area contributed by atoms with E-state index < -0.39 is 0 Å². The summed E-state index contributed by atoms with van der Waals surface area (Å²) in [5.74, 6) is 0.878. The van der Waals surface area contributed by atoms with E-state index in [1.54, 1.807) is 0 Å². The molecule has 2 atom stereocenters. The molecule has 2 aliphatic rings. The van der Waals surface area contributed by atoms with Gasteiger partial charge in [0.1, 0.15) is 0 Å². The van der Waals surface area contributed by atoms with Crippen molar-refractivity contribution in [2.45, 2.75) is 38.9 Å². The van der Waals surface area contributed by atoms with E-state index in [1.807, 2.05) is 29.2 Å². The number of piperidine rings is 1. The summed E-state index contributed by atoms with van der Waals surface area (Å²) in [5.41, 5.74) is 0.816. The van der Waals surface area contributed by atoms with Crippen LogP contribution in [0.4, 0.5) is 0 Å². The highest BCUT2D eigenvalue weighted by atomic mass is 127. The number of rotatable bonds is 3. The van der Waals surface area contributed by atoms with Crippen LogP contribution in [0.3, 0.4) is 0 Å². The van der Waals surface area contributed by atoms with Crippen molar-refractivity contribution in [2.75, 3.05) is 32.7 Å². The summed E-state index contributed by atoms with van der Waals surface area (Å²) in [4.78, 5) is 17.2. The van der Waals surface area contributed by atoms with Crippen molar-refractivity contribution < 1.29 is 9.53 Å². The summed E-state index contributed by atoms with van der Waals surface area (Å²) in [6, 6.07) is 7.88. The van der Waals surface area contributed by atoms with Crippen molar-refractivity contribution in [1.29, 1.82) is 0 Å². The number of morpholine rings is 1. The maximum absolute atomic E-state index is 12.6. The quantitative estimate of drug-likeness (QED) is 0.674. The van der Waals surface area contributed by atoms with Crippen molar-refractivity contribution in [3.8, 4) is 0 Å². The fraction of sp³-hybridized carbons (Fsp3) is 0.632. The smallest absolute Gasteiger partial charge is 0.253 e. The van der Waals surface area contributed by atoms with Gasteiger partial charge in [-0.25, -0.2) is 0 Å². The summed E-state index contributed by atoms with van der Waals surface area (Å²) < 4.78 is 6.93. The molecule has 1 aromatic carbocycles. The molecule has 0 radical (unpaired) electrons. The summed E-state index contributed by atoms with van der Waals surface area (Å²) in [6.45, 7) is 9.28. The van der Waals surface area contributed by atoms with E-state index in [4.69, 9.17) is 4.74 Å². The van der Waals surface area contributed by atoms with Gasteiger partial charge in [0.05, 0.1) is 12.2 Å². The number of halogens is 1. The third kappa shape index (κ3) is 4.70. The molecule has 4 nitrogen and oxygen atoms in total. The summed E-state index contributed by atoms with van der Waals surface area (Å²) in [6.07, 6.45) is 2.87. The Kier molecular flexibility index (Phi) is 6.16. The van der Waals surface area contributed by atoms with Crippen LogP contribution in [0.15, 0.2) is 24.3 Å². The fourth-order valence-electron chi connectivity index (χ4n) is 3.92. The van der Waals surface area contributed by atoms with E-state index in [1.165, 1.54) is 0 Å². The molecule has 2 saturated heterocycles. The minimum atomic E-state index is 0.181. The second-order valence-electron chi connectivity index (χ2n) is 7.22. The van der Waals surface area contributed by atoms with Crippen LogP contribution in [0.5, 0.6) is 0 Å². The van der Waals surface area contributed by atoms with E-state index in [2.05, 4.69) is 41.3 Å². The van der Waals surface area contributed by atoms with Gasteiger partial charge in [0.2, 0.25) is 0 Å². The first-order chi connectivity index (χ1) is 11.5. The Morgan fingerprint density at radius 3 is 2.50 bits per heavy atom. The third-order valence-corrected chi connectivity index (χ3v) is 5.66. The Morgan fingerprint density at radius 1 is 1.21 bits per heavy atom. The molecule has 2 heterocycles. The molecule has 2 aliphatic heterocycles. The number of benzene rings is 1. The van der Waals surface area contributed by atoms with Gasteiger partial charge >= 0.3 is 0 Å². The standard InChI is InChI=1S/C19H27IN2O2/c1-14-11-21(12-15(2)24-14)13-16-6-8-22(9-7-16)19(23)17-4-3-5-18(20)10-17/h3-5,10,14-16H,6-9,11-13H2,1-2H3. The second kappa shape index (κ2) is 8.15. The van der Waals surface area contributed by atoms with Gasteiger partial charge < -0.3 is 9.64 Å². The Balaban J connectivity index is 1.49. The van der Waals surface area contributed by atoms with Crippen LogP contribution >= 0.6 is 22.6 Å². The maximum Gasteiger partial charge on any atom is 0.253 e. The van der Waals surface area contributed by atoms with Crippen molar-refractivity contribution >= 4 is 28.5 Å². The number of ether oxygens (including phenoxy) is 1. The molecule has 24 heavy (non-hydrogen) atoms. The van der Waals surface area contributed by atoms with Crippen molar-refractivity contribution in [1.82, 2.24) is 9.80 Å². The third-order valence-electron chi connectivity index (χ3n) is 4.98. The molecule has 1 aromatic rings. The maximum atomic E-state index is 12.6. The van der Waals surface area contributed by atoms with Crippen LogP contribution in [0.1, 0.15) is 37.0 Å². The van der Waals surface area contributed by atoms with Gasteiger partial charge in [-0.3, -0.25) is 9.69 Å². The van der Waals surface area contributed by atoms with Crippen molar-refractivity contribution in [3.63, 3.8) is 0 Å². The van der Waals surface area contributed by atoms with Crippen LogP contribution < -0.4 is 0 Å². The fourth-order valence-corrected chi connectivity index (χ4v) is 4.46. The van der Waals surface area contributed by atoms with E-state index in [0.717, 1.165) is 54.7 Å².